The number of nitrogens with one attached hydrogen (secondary N) is 1. The van der Waals surface area contributed by atoms with Crippen LogP contribution in [0, 0.1) is 12.7 Å². The van der Waals surface area contributed by atoms with Gasteiger partial charge in [0, 0.05) is 47.0 Å². The number of halogens is 2. The van der Waals surface area contributed by atoms with Gasteiger partial charge in [-0.1, -0.05) is 23.7 Å². The van der Waals surface area contributed by atoms with Crippen LogP contribution in [0.1, 0.15) is 21.7 Å². The molecule has 1 aliphatic rings. The van der Waals surface area contributed by atoms with E-state index in [1.165, 1.54) is 17.4 Å². The third kappa shape index (κ3) is 4.13. The van der Waals surface area contributed by atoms with Crippen LogP contribution in [0.15, 0.2) is 42.5 Å². The van der Waals surface area contributed by atoms with Crippen molar-refractivity contribution in [3.8, 4) is 0 Å². The molecule has 4 rings (SSSR count). The molecule has 1 aromatic heterocycles. The second-order valence-corrected chi connectivity index (χ2v) is 8.73. The van der Waals surface area contributed by atoms with Crippen LogP contribution < -0.4 is 5.32 Å². The first kappa shape index (κ1) is 20.6. The summed E-state index contributed by atoms with van der Waals surface area (Å²) in [5.41, 5.74) is 1.31. The van der Waals surface area contributed by atoms with Gasteiger partial charge in [-0.2, -0.15) is 0 Å². The lowest BCUT2D eigenvalue weighted by Gasteiger charge is -2.22. The highest BCUT2D eigenvalue weighted by Gasteiger charge is 2.26. The molecule has 1 fully saturated rings. The number of amides is 3. The number of carbonyl (C=O) groups excluding carboxylic acids is 2. The Hall–Kier alpha value is -2.64. The van der Waals surface area contributed by atoms with Crippen molar-refractivity contribution < 1.29 is 14.0 Å². The molecule has 156 valence electrons. The third-order valence-electron chi connectivity index (χ3n) is 5.24. The van der Waals surface area contributed by atoms with Crippen LogP contribution in [0.5, 0.6) is 0 Å². The van der Waals surface area contributed by atoms with E-state index in [9.17, 15) is 14.0 Å². The maximum absolute atomic E-state index is 14.2. The standard InChI is InChI=1S/C22H21ClFN3O2S/c1-14-19-17(24)7-3-8-18(19)30-20(14)21(28)26-9-4-10-27(12-11-26)22(29)25-16-6-2-5-15(23)13-16/h2-3,5-8,13H,4,9-12H2,1H3,(H,25,29). The van der Waals surface area contributed by atoms with Crippen molar-refractivity contribution in [3.05, 3.63) is 63.7 Å². The van der Waals surface area contributed by atoms with Crippen LogP contribution in [0.3, 0.4) is 0 Å². The largest absolute Gasteiger partial charge is 0.336 e. The van der Waals surface area contributed by atoms with Gasteiger partial charge in [0.05, 0.1) is 4.88 Å². The van der Waals surface area contributed by atoms with Gasteiger partial charge >= 0.3 is 6.03 Å². The summed E-state index contributed by atoms with van der Waals surface area (Å²) in [6.07, 6.45) is 0.674. The van der Waals surface area contributed by atoms with E-state index in [2.05, 4.69) is 5.32 Å². The van der Waals surface area contributed by atoms with Crippen molar-refractivity contribution in [2.24, 2.45) is 0 Å². The molecule has 0 bridgehead atoms. The minimum Gasteiger partial charge on any atom is -0.336 e. The summed E-state index contributed by atoms with van der Waals surface area (Å²) < 4.78 is 15.0. The molecular formula is C22H21ClFN3O2S. The predicted molar refractivity (Wildman–Crippen MR) is 119 cm³/mol. The van der Waals surface area contributed by atoms with Gasteiger partial charge in [-0.05, 0) is 49.2 Å². The lowest BCUT2D eigenvalue weighted by Crippen LogP contribution is -2.39. The molecule has 8 heteroatoms. The van der Waals surface area contributed by atoms with Crippen molar-refractivity contribution in [2.75, 3.05) is 31.5 Å². The van der Waals surface area contributed by atoms with Gasteiger partial charge in [0.2, 0.25) is 0 Å². The van der Waals surface area contributed by atoms with Gasteiger partial charge in [0.15, 0.2) is 0 Å². The zero-order valence-electron chi connectivity index (χ0n) is 16.5. The Morgan fingerprint density at radius 2 is 1.80 bits per heavy atom. The predicted octanol–water partition coefficient (Wildman–Crippen LogP) is 5.38. The number of hydrogen-bond acceptors (Lipinski definition) is 3. The first-order valence-corrected chi connectivity index (χ1v) is 10.9. The quantitative estimate of drug-likeness (QED) is 0.575. The molecule has 2 heterocycles. The van der Waals surface area contributed by atoms with Crippen molar-refractivity contribution >= 4 is 50.6 Å². The van der Waals surface area contributed by atoms with E-state index in [1.54, 1.807) is 47.1 Å². The summed E-state index contributed by atoms with van der Waals surface area (Å²) in [7, 11) is 0. The number of carbonyl (C=O) groups is 2. The first-order chi connectivity index (χ1) is 14.4. The van der Waals surface area contributed by atoms with Crippen LogP contribution >= 0.6 is 22.9 Å². The molecule has 0 aliphatic carbocycles. The van der Waals surface area contributed by atoms with Crippen LogP contribution in [-0.4, -0.2) is 47.9 Å². The Labute approximate surface area is 183 Å². The molecule has 30 heavy (non-hydrogen) atoms. The molecular weight excluding hydrogens is 425 g/mol. The molecule has 3 amide bonds. The minimum absolute atomic E-state index is 0.106. The summed E-state index contributed by atoms with van der Waals surface area (Å²) in [6, 6.07) is 11.7. The Kier molecular flexibility index (Phi) is 5.92. The van der Waals surface area contributed by atoms with Gasteiger partial charge < -0.3 is 15.1 Å². The highest BCUT2D eigenvalue weighted by atomic mass is 35.5. The Bertz CT molecular complexity index is 1120. The summed E-state index contributed by atoms with van der Waals surface area (Å²) >= 11 is 7.29. The van der Waals surface area contributed by atoms with Gasteiger partial charge in [0.25, 0.3) is 5.91 Å². The van der Waals surface area contributed by atoms with Crippen LogP contribution in [0.4, 0.5) is 14.9 Å². The molecule has 0 spiro atoms. The topological polar surface area (TPSA) is 52.7 Å². The maximum Gasteiger partial charge on any atom is 0.321 e. The van der Waals surface area contributed by atoms with Crippen LogP contribution in [-0.2, 0) is 0 Å². The molecule has 3 aromatic rings. The normalized spacial score (nSPS) is 14.6. The molecule has 1 aliphatic heterocycles. The molecule has 1 saturated heterocycles. The van der Waals surface area contributed by atoms with Crippen molar-refractivity contribution in [3.63, 3.8) is 0 Å². The number of benzene rings is 2. The number of anilines is 1. The monoisotopic (exact) mass is 445 g/mol. The molecule has 0 radical (unpaired) electrons. The SMILES string of the molecule is Cc1c(C(=O)N2CCCN(C(=O)Nc3cccc(Cl)c3)CC2)sc2cccc(F)c12. The fourth-order valence-corrected chi connectivity index (χ4v) is 5.07. The third-order valence-corrected chi connectivity index (χ3v) is 6.72. The zero-order valence-corrected chi connectivity index (χ0v) is 18.0. The highest BCUT2D eigenvalue weighted by molar-refractivity contribution is 7.21. The van der Waals surface area contributed by atoms with Gasteiger partial charge in [-0.3, -0.25) is 4.79 Å². The molecule has 2 aromatic carbocycles. The van der Waals surface area contributed by atoms with E-state index in [4.69, 9.17) is 11.6 Å². The summed E-state index contributed by atoms with van der Waals surface area (Å²) in [5.74, 6) is -0.412. The Morgan fingerprint density at radius 1 is 1.07 bits per heavy atom. The second kappa shape index (κ2) is 8.62. The first-order valence-electron chi connectivity index (χ1n) is 9.72. The second-order valence-electron chi connectivity index (χ2n) is 7.24. The van der Waals surface area contributed by atoms with Gasteiger partial charge in [-0.25, -0.2) is 9.18 Å². The zero-order chi connectivity index (χ0) is 21.3. The van der Waals surface area contributed by atoms with Crippen molar-refractivity contribution in [1.82, 2.24) is 9.80 Å². The van der Waals surface area contributed by atoms with E-state index in [-0.39, 0.29) is 17.8 Å². The molecule has 0 atom stereocenters. The number of aryl methyl sites for hydroxylation is 1. The molecule has 0 unspecified atom stereocenters. The smallest absolute Gasteiger partial charge is 0.321 e. The van der Waals surface area contributed by atoms with E-state index >= 15 is 0 Å². The molecule has 0 saturated carbocycles. The van der Waals surface area contributed by atoms with E-state index < -0.39 is 0 Å². The van der Waals surface area contributed by atoms with Crippen LogP contribution in [0.25, 0.3) is 10.1 Å². The number of thiophene rings is 1. The highest BCUT2D eigenvalue weighted by Crippen LogP contribution is 2.33. The summed E-state index contributed by atoms with van der Waals surface area (Å²) in [5, 5.41) is 3.92. The maximum atomic E-state index is 14.2. The Morgan fingerprint density at radius 3 is 2.57 bits per heavy atom. The molecule has 5 nitrogen and oxygen atoms in total. The average Bonchev–Trinajstić information content (AvgIpc) is 2.89. The number of rotatable bonds is 2. The average molecular weight is 446 g/mol. The van der Waals surface area contributed by atoms with Gasteiger partial charge in [-0.15, -0.1) is 11.3 Å². The fourth-order valence-electron chi connectivity index (χ4n) is 3.69. The van der Waals surface area contributed by atoms with E-state index in [0.717, 1.165) is 4.70 Å². The lowest BCUT2D eigenvalue weighted by atomic mass is 10.1. The van der Waals surface area contributed by atoms with E-state index in [1.807, 2.05) is 6.07 Å². The van der Waals surface area contributed by atoms with Crippen LogP contribution in [0.2, 0.25) is 5.02 Å². The summed E-state index contributed by atoms with van der Waals surface area (Å²) in [4.78, 5) is 29.8. The number of hydrogen-bond donors (Lipinski definition) is 1. The molecule has 1 N–H and O–H groups in total. The summed E-state index contributed by atoms with van der Waals surface area (Å²) in [6.45, 7) is 3.75. The lowest BCUT2D eigenvalue weighted by molar-refractivity contribution is 0.0767. The van der Waals surface area contributed by atoms with E-state index in [0.29, 0.717) is 59.1 Å². The fraction of sp³-hybridized carbons (Fsp3) is 0.273. The van der Waals surface area contributed by atoms with Gasteiger partial charge in [0.1, 0.15) is 5.82 Å². The van der Waals surface area contributed by atoms with Crippen molar-refractivity contribution in [2.45, 2.75) is 13.3 Å². The Balaban J connectivity index is 1.45. The number of fused-ring (bicyclic) bond motifs is 1. The van der Waals surface area contributed by atoms with Crippen molar-refractivity contribution in [1.29, 1.82) is 0 Å². The minimum atomic E-state index is -0.306. The number of urea groups is 1. The number of nitrogens with zero attached hydrogens (tertiary/aromatic N) is 2.